The van der Waals surface area contributed by atoms with E-state index < -0.39 is 0 Å². The van der Waals surface area contributed by atoms with Crippen LogP contribution in [-0.2, 0) is 0 Å². The first-order valence-electron chi connectivity index (χ1n) is 5.67. The van der Waals surface area contributed by atoms with Crippen molar-refractivity contribution in [2.24, 2.45) is 5.92 Å². The summed E-state index contributed by atoms with van der Waals surface area (Å²) >= 11 is 0. The van der Waals surface area contributed by atoms with Gasteiger partial charge in [-0.25, -0.2) is 0 Å². The minimum Gasteiger partial charge on any atom is -0.306 e. The summed E-state index contributed by atoms with van der Waals surface area (Å²) in [6, 6.07) is 0. The summed E-state index contributed by atoms with van der Waals surface area (Å²) in [4.78, 5) is 5.03. The van der Waals surface area contributed by atoms with Crippen LogP contribution in [-0.4, -0.2) is 49.6 Å². The molecule has 0 atom stereocenters. The Bertz CT molecular complexity index is 130. The van der Waals surface area contributed by atoms with Gasteiger partial charge in [0.05, 0.1) is 0 Å². The maximum atomic E-state index is 2.56. The predicted molar refractivity (Wildman–Crippen MR) is 58.0 cm³/mol. The Morgan fingerprint density at radius 2 is 1.92 bits per heavy atom. The molecule has 1 aliphatic rings. The Labute approximate surface area is 82.9 Å². The van der Waals surface area contributed by atoms with Crippen molar-refractivity contribution in [3.63, 3.8) is 0 Å². The highest BCUT2D eigenvalue weighted by atomic mass is 15.2. The molecule has 0 radical (unpaired) electrons. The van der Waals surface area contributed by atoms with Crippen LogP contribution in [0.1, 0.15) is 26.7 Å². The molecular weight excluding hydrogens is 160 g/mol. The molecule has 0 spiro atoms. The Kier molecular flexibility index (Phi) is 4.74. The predicted octanol–water partition coefficient (Wildman–Crippen LogP) is 1.67. The summed E-state index contributed by atoms with van der Waals surface area (Å²) in [6.45, 7) is 11.0. The molecule has 0 N–H and O–H groups in total. The quantitative estimate of drug-likeness (QED) is 0.619. The molecule has 2 nitrogen and oxygen atoms in total. The first-order valence-corrected chi connectivity index (χ1v) is 5.67. The van der Waals surface area contributed by atoms with Gasteiger partial charge in [-0.15, -0.1) is 0 Å². The van der Waals surface area contributed by atoms with E-state index in [0.717, 1.165) is 5.92 Å². The van der Waals surface area contributed by atoms with Gasteiger partial charge >= 0.3 is 0 Å². The highest BCUT2D eigenvalue weighted by Gasteiger charge is 2.26. The van der Waals surface area contributed by atoms with Crippen molar-refractivity contribution in [1.29, 1.82) is 0 Å². The summed E-state index contributed by atoms with van der Waals surface area (Å²) < 4.78 is 0. The van der Waals surface area contributed by atoms with Crippen molar-refractivity contribution in [2.75, 3.05) is 39.8 Å². The molecule has 2 heteroatoms. The van der Waals surface area contributed by atoms with E-state index in [0.29, 0.717) is 0 Å². The molecule has 0 bridgehead atoms. The number of hydrogen-bond acceptors (Lipinski definition) is 2. The van der Waals surface area contributed by atoms with Crippen LogP contribution in [0.4, 0.5) is 0 Å². The molecule has 0 aliphatic carbocycles. The highest BCUT2D eigenvalue weighted by Crippen LogP contribution is 2.16. The number of nitrogens with zero attached hydrogens (tertiary/aromatic N) is 2. The fraction of sp³-hybridized carbons (Fsp3) is 1.00. The van der Waals surface area contributed by atoms with Crippen molar-refractivity contribution >= 4 is 0 Å². The molecule has 0 amide bonds. The maximum absolute atomic E-state index is 2.56. The SMILES string of the molecule is CCCN(C)CC1CN(CCC)C1. The van der Waals surface area contributed by atoms with Crippen molar-refractivity contribution < 1.29 is 0 Å². The Morgan fingerprint density at radius 1 is 1.23 bits per heavy atom. The zero-order valence-electron chi connectivity index (χ0n) is 9.42. The van der Waals surface area contributed by atoms with Gasteiger partial charge < -0.3 is 9.80 Å². The first kappa shape index (κ1) is 11.0. The summed E-state index contributed by atoms with van der Waals surface area (Å²) in [5, 5.41) is 0. The van der Waals surface area contributed by atoms with Crippen LogP contribution < -0.4 is 0 Å². The zero-order valence-corrected chi connectivity index (χ0v) is 9.42. The summed E-state index contributed by atoms with van der Waals surface area (Å²) in [5.74, 6) is 0.947. The first-order chi connectivity index (χ1) is 6.26. The monoisotopic (exact) mass is 184 g/mol. The third kappa shape index (κ3) is 3.65. The highest BCUT2D eigenvalue weighted by molar-refractivity contribution is 4.81. The molecule has 1 rings (SSSR count). The number of hydrogen-bond donors (Lipinski definition) is 0. The normalized spacial score (nSPS) is 19.4. The molecule has 0 aromatic carbocycles. The van der Waals surface area contributed by atoms with Gasteiger partial charge in [-0.3, -0.25) is 0 Å². The van der Waals surface area contributed by atoms with E-state index in [2.05, 4.69) is 30.7 Å². The Morgan fingerprint density at radius 3 is 2.46 bits per heavy atom. The molecule has 1 heterocycles. The minimum absolute atomic E-state index is 0.947. The van der Waals surface area contributed by atoms with Crippen LogP contribution in [0, 0.1) is 5.92 Å². The lowest BCUT2D eigenvalue weighted by Gasteiger charge is -2.41. The van der Waals surface area contributed by atoms with Crippen molar-refractivity contribution in [3.05, 3.63) is 0 Å². The Balaban J connectivity index is 2.00. The van der Waals surface area contributed by atoms with Crippen LogP contribution in [0.15, 0.2) is 0 Å². The average molecular weight is 184 g/mol. The summed E-state index contributed by atoms with van der Waals surface area (Å²) in [7, 11) is 2.24. The summed E-state index contributed by atoms with van der Waals surface area (Å²) in [5.41, 5.74) is 0. The molecule has 13 heavy (non-hydrogen) atoms. The van der Waals surface area contributed by atoms with Crippen LogP contribution in [0.25, 0.3) is 0 Å². The molecule has 1 aliphatic heterocycles. The van der Waals surface area contributed by atoms with Crippen molar-refractivity contribution in [2.45, 2.75) is 26.7 Å². The van der Waals surface area contributed by atoms with Crippen LogP contribution in [0.2, 0.25) is 0 Å². The van der Waals surface area contributed by atoms with E-state index >= 15 is 0 Å². The van der Waals surface area contributed by atoms with Gasteiger partial charge in [0.1, 0.15) is 0 Å². The maximum Gasteiger partial charge on any atom is 0.00343 e. The van der Waals surface area contributed by atoms with Gasteiger partial charge in [-0.05, 0) is 38.9 Å². The second-order valence-electron chi connectivity index (χ2n) is 4.39. The van der Waals surface area contributed by atoms with Gasteiger partial charge in [-0.1, -0.05) is 13.8 Å². The third-order valence-electron chi connectivity index (χ3n) is 2.75. The molecule has 1 saturated heterocycles. The lowest BCUT2D eigenvalue weighted by atomic mass is 9.99. The van der Waals surface area contributed by atoms with Gasteiger partial charge in [-0.2, -0.15) is 0 Å². The van der Waals surface area contributed by atoms with Crippen molar-refractivity contribution in [1.82, 2.24) is 9.80 Å². The number of likely N-dealkylation sites (tertiary alicyclic amines) is 1. The lowest BCUT2D eigenvalue weighted by Crippen LogP contribution is -2.51. The molecular formula is C11H24N2. The van der Waals surface area contributed by atoms with Crippen LogP contribution >= 0.6 is 0 Å². The molecule has 78 valence electrons. The third-order valence-corrected chi connectivity index (χ3v) is 2.75. The molecule has 0 saturated carbocycles. The second-order valence-corrected chi connectivity index (χ2v) is 4.39. The largest absolute Gasteiger partial charge is 0.306 e. The fourth-order valence-electron chi connectivity index (χ4n) is 2.20. The zero-order chi connectivity index (χ0) is 9.68. The lowest BCUT2D eigenvalue weighted by molar-refractivity contribution is 0.0746. The van der Waals surface area contributed by atoms with Crippen LogP contribution in [0.3, 0.4) is 0 Å². The van der Waals surface area contributed by atoms with Crippen LogP contribution in [0.5, 0.6) is 0 Å². The number of rotatable bonds is 6. The van der Waals surface area contributed by atoms with Gasteiger partial charge in [0, 0.05) is 19.6 Å². The van der Waals surface area contributed by atoms with Gasteiger partial charge in [0.25, 0.3) is 0 Å². The Hall–Kier alpha value is -0.0800. The molecule has 1 fully saturated rings. The van der Waals surface area contributed by atoms with E-state index in [1.54, 1.807) is 0 Å². The standard InChI is InChI=1S/C11H24N2/c1-4-6-12(3)8-11-9-13(10-11)7-5-2/h11H,4-10H2,1-3H3. The van der Waals surface area contributed by atoms with E-state index in [1.165, 1.54) is 45.6 Å². The molecule has 0 unspecified atom stereocenters. The fourth-order valence-corrected chi connectivity index (χ4v) is 2.20. The summed E-state index contributed by atoms with van der Waals surface area (Å²) in [6.07, 6.45) is 2.58. The van der Waals surface area contributed by atoms with E-state index in [9.17, 15) is 0 Å². The second kappa shape index (κ2) is 5.61. The van der Waals surface area contributed by atoms with E-state index in [4.69, 9.17) is 0 Å². The van der Waals surface area contributed by atoms with E-state index in [1.807, 2.05) is 0 Å². The molecule has 0 aromatic rings. The van der Waals surface area contributed by atoms with Crippen molar-refractivity contribution in [3.8, 4) is 0 Å². The van der Waals surface area contributed by atoms with Gasteiger partial charge in [0.15, 0.2) is 0 Å². The minimum atomic E-state index is 0.947. The smallest absolute Gasteiger partial charge is 0.00343 e. The van der Waals surface area contributed by atoms with Gasteiger partial charge in [0.2, 0.25) is 0 Å². The topological polar surface area (TPSA) is 6.48 Å². The molecule has 0 aromatic heterocycles. The van der Waals surface area contributed by atoms with E-state index in [-0.39, 0.29) is 0 Å². The average Bonchev–Trinajstić information content (AvgIpc) is 2.01.